The molecule has 0 saturated carbocycles. The highest BCUT2D eigenvalue weighted by molar-refractivity contribution is 8.03. The largest absolute Gasteiger partial charge is 0.390 e. The van der Waals surface area contributed by atoms with Gasteiger partial charge in [-0.3, -0.25) is 0 Å². The van der Waals surface area contributed by atoms with Crippen molar-refractivity contribution in [2.45, 2.75) is 18.4 Å². The van der Waals surface area contributed by atoms with Crippen molar-refractivity contribution in [2.24, 2.45) is 0 Å². The van der Waals surface area contributed by atoms with Crippen molar-refractivity contribution in [3.05, 3.63) is 58.9 Å². The minimum Gasteiger partial charge on any atom is -0.390 e. The Balaban J connectivity index is 1.90. The fraction of sp³-hybridized carbons (Fsp3) is 0.235. The van der Waals surface area contributed by atoms with Gasteiger partial charge in [0.05, 0.1) is 10.7 Å². The third kappa shape index (κ3) is 2.96. The van der Waals surface area contributed by atoms with E-state index in [9.17, 15) is 0 Å². The van der Waals surface area contributed by atoms with E-state index >= 15 is 0 Å². The number of pyridine rings is 1. The van der Waals surface area contributed by atoms with Crippen LogP contribution in [-0.2, 0) is 6.54 Å². The van der Waals surface area contributed by atoms with E-state index in [1.54, 1.807) is 11.8 Å². The van der Waals surface area contributed by atoms with Crippen molar-refractivity contribution < 1.29 is 9.67 Å². The van der Waals surface area contributed by atoms with Crippen LogP contribution in [0.25, 0.3) is 6.08 Å². The fourth-order valence-corrected chi connectivity index (χ4v) is 3.64. The predicted molar refractivity (Wildman–Crippen MR) is 87.1 cm³/mol. The molecule has 0 spiro atoms. The lowest BCUT2D eigenvalue weighted by Crippen LogP contribution is -2.34. The zero-order chi connectivity index (χ0) is 14.8. The van der Waals surface area contributed by atoms with Crippen molar-refractivity contribution in [1.82, 2.24) is 0 Å². The maximum Gasteiger partial charge on any atom is 0.176 e. The number of anilines is 1. The second-order valence-corrected chi connectivity index (χ2v) is 6.28. The van der Waals surface area contributed by atoms with Gasteiger partial charge < -0.3 is 10.0 Å². The van der Waals surface area contributed by atoms with Crippen LogP contribution in [0.3, 0.4) is 0 Å². The number of aryl methyl sites for hydroxylation is 1. The zero-order valence-electron chi connectivity index (χ0n) is 12.3. The molecule has 3 rings (SSSR count). The Morgan fingerprint density at radius 2 is 2.19 bits per heavy atom. The molecular formula is C17H19N2OS+. The smallest absolute Gasteiger partial charge is 0.176 e. The number of benzene rings is 1. The summed E-state index contributed by atoms with van der Waals surface area (Å²) in [7, 11) is 2.10. The third-order valence-corrected chi connectivity index (χ3v) is 4.70. The number of hydrogen-bond acceptors (Lipinski definition) is 3. The summed E-state index contributed by atoms with van der Waals surface area (Å²) in [6.07, 6.45) is 6.22. The van der Waals surface area contributed by atoms with Gasteiger partial charge in [0.25, 0.3) is 0 Å². The highest BCUT2D eigenvalue weighted by Crippen LogP contribution is 2.45. The van der Waals surface area contributed by atoms with Gasteiger partial charge in [0.2, 0.25) is 0 Å². The molecule has 0 saturated heterocycles. The second kappa shape index (κ2) is 5.92. The van der Waals surface area contributed by atoms with Crippen LogP contribution < -0.4 is 9.47 Å². The normalized spacial score (nSPS) is 15.6. The van der Waals surface area contributed by atoms with Gasteiger partial charge in [0.1, 0.15) is 6.61 Å². The van der Waals surface area contributed by atoms with Gasteiger partial charge in [-0.2, -0.15) is 0 Å². The van der Waals surface area contributed by atoms with Crippen LogP contribution in [0.15, 0.2) is 52.7 Å². The lowest BCUT2D eigenvalue weighted by atomic mass is 10.2. The molecule has 2 aromatic rings. The van der Waals surface area contributed by atoms with Crippen molar-refractivity contribution in [1.29, 1.82) is 0 Å². The summed E-state index contributed by atoms with van der Waals surface area (Å²) in [6.45, 7) is 2.90. The van der Waals surface area contributed by atoms with E-state index in [1.165, 1.54) is 21.2 Å². The van der Waals surface area contributed by atoms with Crippen LogP contribution in [0, 0.1) is 6.92 Å². The molecule has 3 nitrogen and oxygen atoms in total. The predicted octanol–water partition coefficient (Wildman–Crippen LogP) is 2.82. The van der Waals surface area contributed by atoms with Crippen LogP contribution in [-0.4, -0.2) is 18.8 Å². The third-order valence-electron chi connectivity index (χ3n) is 3.55. The number of fused-ring (bicyclic) bond motifs is 1. The summed E-state index contributed by atoms with van der Waals surface area (Å²) in [5, 5.41) is 10.3. The van der Waals surface area contributed by atoms with E-state index in [2.05, 4.69) is 55.4 Å². The topological polar surface area (TPSA) is 27.4 Å². The van der Waals surface area contributed by atoms with E-state index in [0.717, 1.165) is 5.56 Å². The Morgan fingerprint density at radius 1 is 1.33 bits per heavy atom. The molecule has 108 valence electrons. The maximum atomic E-state index is 9.03. The Labute approximate surface area is 129 Å². The van der Waals surface area contributed by atoms with Gasteiger partial charge in [-0.1, -0.05) is 17.8 Å². The van der Waals surface area contributed by atoms with E-state index < -0.39 is 0 Å². The molecule has 21 heavy (non-hydrogen) atoms. The number of aliphatic hydroxyl groups excluding tert-OH is 1. The maximum absolute atomic E-state index is 9.03. The molecule has 0 radical (unpaired) electrons. The molecule has 4 heteroatoms. The van der Waals surface area contributed by atoms with Crippen LogP contribution in [0.4, 0.5) is 5.69 Å². The summed E-state index contributed by atoms with van der Waals surface area (Å²) in [6, 6.07) is 10.7. The number of rotatable bonds is 3. The molecule has 0 amide bonds. The fourth-order valence-electron chi connectivity index (χ4n) is 2.43. The van der Waals surface area contributed by atoms with Gasteiger partial charge in [-0.05, 0) is 36.8 Å². The van der Waals surface area contributed by atoms with Gasteiger partial charge in [0, 0.05) is 23.6 Å². The first-order chi connectivity index (χ1) is 10.2. The monoisotopic (exact) mass is 299 g/mol. The molecule has 0 unspecified atom stereocenters. The molecule has 1 aromatic heterocycles. The number of aliphatic hydroxyl groups is 1. The SMILES string of the molecule is Cc1ccc2c(c1)S/C(=C/c1ccc[n+](CCO)c1)N2C. The number of aromatic nitrogens is 1. The Morgan fingerprint density at radius 3 is 3.00 bits per heavy atom. The van der Waals surface area contributed by atoms with Gasteiger partial charge >= 0.3 is 0 Å². The molecule has 0 atom stereocenters. The van der Waals surface area contributed by atoms with Crippen LogP contribution in [0.2, 0.25) is 0 Å². The molecule has 2 heterocycles. The second-order valence-electron chi connectivity index (χ2n) is 5.21. The number of nitrogens with zero attached hydrogens (tertiary/aromatic N) is 2. The molecule has 1 aromatic carbocycles. The van der Waals surface area contributed by atoms with Crippen molar-refractivity contribution in [2.75, 3.05) is 18.6 Å². The minimum absolute atomic E-state index is 0.157. The quantitative estimate of drug-likeness (QED) is 0.883. The van der Waals surface area contributed by atoms with Crippen LogP contribution in [0.1, 0.15) is 11.1 Å². The Hall–Kier alpha value is -1.78. The van der Waals surface area contributed by atoms with Crippen molar-refractivity contribution in [3.8, 4) is 0 Å². The van der Waals surface area contributed by atoms with Crippen molar-refractivity contribution in [3.63, 3.8) is 0 Å². The number of thioether (sulfide) groups is 1. The average molecular weight is 299 g/mol. The highest BCUT2D eigenvalue weighted by atomic mass is 32.2. The van der Waals surface area contributed by atoms with Gasteiger partial charge in [0.15, 0.2) is 18.9 Å². The molecule has 1 aliphatic rings. The van der Waals surface area contributed by atoms with E-state index in [1.807, 2.05) is 16.8 Å². The van der Waals surface area contributed by atoms with Crippen LogP contribution >= 0.6 is 11.8 Å². The summed E-state index contributed by atoms with van der Waals surface area (Å²) in [5.74, 6) is 0. The molecular weight excluding hydrogens is 280 g/mol. The molecule has 0 aliphatic carbocycles. The van der Waals surface area contributed by atoms with Gasteiger partial charge in [-0.25, -0.2) is 4.57 Å². The standard InChI is InChI=1S/C17H19N2OS/c1-13-5-6-15-16(10-13)21-17(18(15)2)11-14-4-3-7-19(12-14)8-9-20/h3-7,10-12,20H,8-9H2,1-2H3/q+1/b17-11+. The average Bonchev–Trinajstić information content (AvgIpc) is 2.75. The molecule has 1 aliphatic heterocycles. The summed E-state index contributed by atoms with van der Waals surface area (Å²) in [5.41, 5.74) is 3.69. The van der Waals surface area contributed by atoms with Crippen LogP contribution in [0.5, 0.6) is 0 Å². The van der Waals surface area contributed by atoms with Gasteiger partial charge in [-0.15, -0.1) is 0 Å². The Kier molecular flexibility index (Phi) is 3.99. The van der Waals surface area contributed by atoms with E-state index in [-0.39, 0.29) is 6.61 Å². The highest BCUT2D eigenvalue weighted by Gasteiger charge is 2.21. The lowest BCUT2D eigenvalue weighted by molar-refractivity contribution is -0.698. The molecule has 1 N–H and O–H groups in total. The first-order valence-electron chi connectivity index (χ1n) is 7.01. The van der Waals surface area contributed by atoms with Crippen molar-refractivity contribution >= 4 is 23.5 Å². The lowest BCUT2D eigenvalue weighted by Gasteiger charge is -2.13. The number of hydrogen-bond donors (Lipinski definition) is 1. The molecule has 0 fully saturated rings. The first kappa shape index (κ1) is 14.2. The van der Waals surface area contributed by atoms with E-state index in [4.69, 9.17) is 5.11 Å². The summed E-state index contributed by atoms with van der Waals surface area (Å²) < 4.78 is 2.00. The Bertz CT molecular complexity index is 697. The summed E-state index contributed by atoms with van der Waals surface area (Å²) in [4.78, 5) is 3.53. The minimum atomic E-state index is 0.157. The van der Waals surface area contributed by atoms with E-state index in [0.29, 0.717) is 6.54 Å². The first-order valence-corrected chi connectivity index (χ1v) is 7.83. The summed E-state index contributed by atoms with van der Waals surface area (Å²) >= 11 is 1.80. The zero-order valence-corrected chi connectivity index (χ0v) is 13.1. The molecule has 0 bridgehead atoms.